The molecule has 30 heavy (non-hydrogen) atoms. The van der Waals surface area contributed by atoms with Crippen molar-refractivity contribution in [1.29, 1.82) is 0 Å². The lowest BCUT2D eigenvalue weighted by Crippen LogP contribution is -2.37. The number of carbonyl (C=O) groups excluding carboxylic acids is 2. The van der Waals surface area contributed by atoms with Crippen LogP contribution in [0.15, 0.2) is 24.3 Å². The fourth-order valence-electron chi connectivity index (χ4n) is 3.43. The number of anilines is 1. The van der Waals surface area contributed by atoms with Gasteiger partial charge >= 0.3 is 11.8 Å². The molecule has 0 saturated carbocycles. The quantitative estimate of drug-likeness (QED) is 0.349. The van der Waals surface area contributed by atoms with Gasteiger partial charge in [-0.25, -0.2) is 0 Å². The summed E-state index contributed by atoms with van der Waals surface area (Å²) in [6, 6.07) is 7.15. The minimum Gasteiger partial charge on any atom is -0.492 e. The number of ether oxygens (including phenoxy) is 1. The maximum atomic E-state index is 12.1. The topological polar surface area (TPSA) is 99.9 Å². The Hall–Kier alpha value is -2.16. The number of nitrogens with zero attached hydrogens (tertiary/aromatic N) is 2. The summed E-state index contributed by atoms with van der Waals surface area (Å²) >= 11 is 0. The van der Waals surface area contributed by atoms with Crippen molar-refractivity contribution in [2.75, 3.05) is 64.8 Å². The van der Waals surface area contributed by atoms with Crippen LogP contribution in [0.2, 0.25) is 0 Å². The lowest BCUT2D eigenvalue weighted by molar-refractivity contribution is -0.136. The van der Waals surface area contributed by atoms with Crippen LogP contribution in [0.3, 0.4) is 0 Å². The summed E-state index contributed by atoms with van der Waals surface area (Å²) in [4.78, 5) is 28.7. The smallest absolute Gasteiger partial charge is 0.313 e. The van der Waals surface area contributed by atoms with Gasteiger partial charge in [0.25, 0.3) is 0 Å². The normalized spacial score (nSPS) is 14.5. The van der Waals surface area contributed by atoms with Gasteiger partial charge in [0.15, 0.2) is 0 Å². The van der Waals surface area contributed by atoms with Gasteiger partial charge in [-0.1, -0.05) is 12.5 Å². The van der Waals surface area contributed by atoms with Crippen LogP contribution in [-0.4, -0.2) is 81.1 Å². The molecule has 1 aromatic carbocycles. The van der Waals surface area contributed by atoms with E-state index < -0.39 is 11.8 Å². The van der Waals surface area contributed by atoms with Gasteiger partial charge in [-0.2, -0.15) is 0 Å². The molecule has 168 valence electrons. The summed E-state index contributed by atoms with van der Waals surface area (Å²) in [6.07, 6.45) is 5.56. The molecule has 0 radical (unpaired) electrons. The van der Waals surface area contributed by atoms with Crippen molar-refractivity contribution in [1.82, 2.24) is 15.1 Å². The number of rotatable bonds is 12. The lowest BCUT2D eigenvalue weighted by Gasteiger charge is -2.26. The molecule has 1 aliphatic heterocycles. The molecular formula is C22H37N5O3. The zero-order valence-electron chi connectivity index (χ0n) is 18.2. The van der Waals surface area contributed by atoms with E-state index in [4.69, 9.17) is 10.5 Å². The zero-order valence-corrected chi connectivity index (χ0v) is 18.2. The largest absolute Gasteiger partial charge is 0.492 e. The molecule has 8 heteroatoms. The highest BCUT2D eigenvalue weighted by atomic mass is 16.5. The van der Waals surface area contributed by atoms with Crippen molar-refractivity contribution in [3.8, 4) is 5.75 Å². The highest BCUT2D eigenvalue weighted by Gasteiger charge is 2.14. The van der Waals surface area contributed by atoms with Crippen LogP contribution < -0.4 is 21.1 Å². The van der Waals surface area contributed by atoms with Crippen LogP contribution in [0.4, 0.5) is 5.69 Å². The molecule has 0 aromatic heterocycles. The highest BCUT2D eigenvalue weighted by molar-refractivity contribution is 6.39. The van der Waals surface area contributed by atoms with Gasteiger partial charge in [0, 0.05) is 24.8 Å². The fraction of sp³-hybridized carbons (Fsp3) is 0.636. The van der Waals surface area contributed by atoms with Crippen molar-refractivity contribution >= 4 is 17.5 Å². The van der Waals surface area contributed by atoms with E-state index in [0.717, 1.165) is 45.6 Å². The predicted molar refractivity (Wildman–Crippen MR) is 120 cm³/mol. The van der Waals surface area contributed by atoms with Gasteiger partial charge in [-0.05, 0) is 77.6 Å². The average molecular weight is 420 g/mol. The van der Waals surface area contributed by atoms with E-state index in [0.29, 0.717) is 31.1 Å². The van der Waals surface area contributed by atoms with Crippen LogP contribution in [0.5, 0.6) is 5.75 Å². The molecule has 0 bridgehead atoms. The maximum Gasteiger partial charge on any atom is 0.313 e. The van der Waals surface area contributed by atoms with Gasteiger partial charge in [0.05, 0.1) is 0 Å². The van der Waals surface area contributed by atoms with E-state index in [1.54, 1.807) is 18.2 Å². The van der Waals surface area contributed by atoms with Gasteiger partial charge in [-0.15, -0.1) is 0 Å². The van der Waals surface area contributed by atoms with Gasteiger partial charge < -0.3 is 26.0 Å². The number of carbonyl (C=O) groups is 2. The summed E-state index contributed by atoms with van der Waals surface area (Å²) < 4.78 is 5.82. The zero-order chi connectivity index (χ0) is 21.6. The number of likely N-dealkylation sites (tertiary alicyclic amines) is 1. The van der Waals surface area contributed by atoms with E-state index >= 15 is 0 Å². The Labute approximate surface area is 180 Å². The molecule has 2 rings (SSSR count). The molecular weight excluding hydrogens is 382 g/mol. The molecule has 1 saturated heterocycles. The molecule has 2 amide bonds. The second kappa shape index (κ2) is 14.0. The van der Waals surface area contributed by atoms with Crippen molar-refractivity contribution in [3.05, 3.63) is 24.3 Å². The van der Waals surface area contributed by atoms with Gasteiger partial charge in [0.1, 0.15) is 12.4 Å². The van der Waals surface area contributed by atoms with E-state index in [9.17, 15) is 9.59 Å². The number of piperidine rings is 1. The van der Waals surface area contributed by atoms with Gasteiger partial charge in [-0.3, -0.25) is 14.5 Å². The lowest BCUT2D eigenvalue weighted by atomic mass is 10.1. The molecule has 1 heterocycles. The van der Waals surface area contributed by atoms with E-state index in [1.807, 2.05) is 13.1 Å². The Balaban J connectivity index is 1.66. The first-order valence-corrected chi connectivity index (χ1v) is 11.0. The molecule has 0 aliphatic carbocycles. The molecule has 8 nitrogen and oxygen atoms in total. The third kappa shape index (κ3) is 9.56. The number of benzene rings is 1. The van der Waals surface area contributed by atoms with E-state index in [2.05, 4.69) is 20.4 Å². The van der Waals surface area contributed by atoms with Crippen LogP contribution in [0.1, 0.15) is 32.1 Å². The molecule has 1 aliphatic rings. The van der Waals surface area contributed by atoms with Crippen LogP contribution in [-0.2, 0) is 9.59 Å². The number of amides is 2. The first-order valence-electron chi connectivity index (χ1n) is 11.0. The van der Waals surface area contributed by atoms with Crippen molar-refractivity contribution in [2.24, 2.45) is 5.73 Å². The second-order valence-corrected chi connectivity index (χ2v) is 7.79. The Morgan fingerprint density at radius 3 is 2.67 bits per heavy atom. The monoisotopic (exact) mass is 419 g/mol. The maximum absolute atomic E-state index is 12.1. The van der Waals surface area contributed by atoms with E-state index in [1.165, 1.54) is 19.3 Å². The molecule has 0 spiro atoms. The number of hydrogen-bond acceptors (Lipinski definition) is 6. The average Bonchev–Trinajstić information content (AvgIpc) is 2.76. The number of nitrogens with two attached hydrogens (primary N) is 1. The fourth-order valence-corrected chi connectivity index (χ4v) is 3.43. The molecule has 0 unspecified atom stereocenters. The molecule has 1 aromatic rings. The molecule has 1 fully saturated rings. The van der Waals surface area contributed by atoms with Crippen LogP contribution in [0, 0.1) is 0 Å². The second-order valence-electron chi connectivity index (χ2n) is 7.79. The minimum atomic E-state index is -0.669. The third-order valence-electron chi connectivity index (χ3n) is 5.17. The summed E-state index contributed by atoms with van der Waals surface area (Å²) in [7, 11) is 2.02. The summed E-state index contributed by atoms with van der Waals surface area (Å²) in [5, 5.41) is 5.29. The van der Waals surface area contributed by atoms with Crippen molar-refractivity contribution in [3.63, 3.8) is 0 Å². The van der Waals surface area contributed by atoms with Gasteiger partial charge in [0.2, 0.25) is 0 Å². The Morgan fingerprint density at radius 2 is 1.90 bits per heavy atom. The standard InChI is InChI=1S/C22H37N5O3/c1-26(12-6-10-23)13-7-11-24-21(28)22(29)25-19-8-5-9-20(18-19)30-17-16-27-14-3-2-4-15-27/h5,8-9,18H,2-4,6-7,10-17,23H2,1H3,(H,24,28)(H,25,29). The minimum absolute atomic E-state index is 0.457. The SMILES string of the molecule is CN(CCCN)CCCNC(=O)C(=O)Nc1cccc(OCCN2CCCCC2)c1. The first-order chi connectivity index (χ1) is 14.6. The Morgan fingerprint density at radius 1 is 1.13 bits per heavy atom. The Bertz CT molecular complexity index is 649. The number of nitrogens with one attached hydrogen (secondary N) is 2. The Kier molecular flexibility index (Phi) is 11.2. The highest BCUT2D eigenvalue weighted by Crippen LogP contribution is 2.17. The first kappa shape index (κ1) is 24.1. The third-order valence-corrected chi connectivity index (χ3v) is 5.17. The summed E-state index contributed by atoms with van der Waals surface area (Å²) in [5.41, 5.74) is 6.04. The molecule has 4 N–H and O–H groups in total. The molecule has 0 atom stereocenters. The van der Waals surface area contributed by atoms with Crippen LogP contribution >= 0.6 is 0 Å². The van der Waals surface area contributed by atoms with Crippen molar-refractivity contribution in [2.45, 2.75) is 32.1 Å². The van der Waals surface area contributed by atoms with E-state index in [-0.39, 0.29) is 0 Å². The number of hydrogen-bond donors (Lipinski definition) is 3. The van der Waals surface area contributed by atoms with Crippen LogP contribution in [0.25, 0.3) is 0 Å². The predicted octanol–water partition coefficient (Wildman–Crippen LogP) is 1.28. The summed E-state index contributed by atoms with van der Waals surface area (Å²) in [5.74, 6) is -0.612. The summed E-state index contributed by atoms with van der Waals surface area (Å²) in [6.45, 7) is 6.69. The van der Waals surface area contributed by atoms with Crippen molar-refractivity contribution < 1.29 is 14.3 Å².